The molecule has 3 saturated carbocycles. The van der Waals surface area contributed by atoms with E-state index in [1.165, 1.54) is 30.2 Å². The molecule has 4 aliphatic carbocycles. The van der Waals surface area contributed by atoms with Crippen LogP contribution < -0.4 is 5.32 Å². The van der Waals surface area contributed by atoms with Gasteiger partial charge in [0.1, 0.15) is 17.2 Å². The van der Waals surface area contributed by atoms with Gasteiger partial charge < -0.3 is 24.4 Å². The van der Waals surface area contributed by atoms with Crippen LogP contribution in [-0.2, 0) is 20.9 Å². The van der Waals surface area contributed by atoms with Crippen molar-refractivity contribution >= 4 is 35.6 Å². The number of furan rings is 1. The van der Waals surface area contributed by atoms with E-state index in [1.807, 2.05) is 12.2 Å². The molecule has 0 aliphatic heterocycles. The van der Waals surface area contributed by atoms with Crippen LogP contribution in [0.4, 0.5) is 10.1 Å². The summed E-state index contributed by atoms with van der Waals surface area (Å²) in [6.45, 7) is 8.26. The quantitative estimate of drug-likeness (QED) is 0.0643. The Morgan fingerprint density at radius 2 is 2.09 bits per heavy atom. The molecule has 0 spiro atoms. The van der Waals surface area contributed by atoms with Gasteiger partial charge in [0, 0.05) is 34.9 Å². The number of ether oxygens (including phenoxy) is 2. The molecule has 1 aromatic carbocycles. The van der Waals surface area contributed by atoms with Crippen LogP contribution in [0.5, 0.6) is 0 Å². The highest BCUT2D eigenvalue weighted by Gasteiger charge is 2.70. The fourth-order valence-corrected chi connectivity index (χ4v) is 9.78. The van der Waals surface area contributed by atoms with Gasteiger partial charge in [-0.15, -0.1) is 19.2 Å². The Bertz CT molecular complexity index is 1620. The molecule has 244 valence electrons. The maximum Gasteiger partial charge on any atom is 0.375 e. The fourth-order valence-electron chi connectivity index (χ4n) is 9.37. The monoisotopic (exact) mass is 649 g/mol. The zero-order valence-corrected chi connectivity index (χ0v) is 27.2. The Balaban J connectivity index is 1.27. The molecular weight excluding hydrogens is 607 g/mol. The Kier molecular flexibility index (Phi) is 8.78. The van der Waals surface area contributed by atoms with E-state index in [-0.39, 0.29) is 42.4 Å². The van der Waals surface area contributed by atoms with Crippen molar-refractivity contribution in [3.63, 3.8) is 0 Å². The summed E-state index contributed by atoms with van der Waals surface area (Å²) >= 11 is 4.26. The molecule has 0 radical (unpaired) electrons. The number of rotatable bonds is 10. The first kappa shape index (κ1) is 32.6. The molecule has 8 nitrogen and oxygen atoms in total. The summed E-state index contributed by atoms with van der Waals surface area (Å²) in [6, 6.07) is 8.04. The number of aliphatic hydroxyl groups excluding tert-OH is 1. The summed E-state index contributed by atoms with van der Waals surface area (Å²) in [5, 5.41) is 21.8. The number of thiol groups is 1. The Morgan fingerprint density at radius 3 is 2.78 bits per heavy atom. The fraction of sp³-hybridized carbons (Fsp3) is 0.472. The van der Waals surface area contributed by atoms with Crippen LogP contribution in [0.3, 0.4) is 0 Å². The van der Waals surface area contributed by atoms with Gasteiger partial charge in [-0.2, -0.15) is 0 Å². The molecule has 4 aliphatic rings. The zero-order valence-electron chi connectivity index (χ0n) is 26.3. The maximum absolute atomic E-state index is 14.5. The third kappa shape index (κ3) is 5.23. The molecule has 0 amide bonds. The normalized spacial score (nSPS) is 33.4. The minimum atomic E-state index is -1.48. The molecule has 10 heteroatoms. The second kappa shape index (κ2) is 12.4. The van der Waals surface area contributed by atoms with Crippen molar-refractivity contribution in [3.8, 4) is 0 Å². The van der Waals surface area contributed by atoms with Gasteiger partial charge in [0.25, 0.3) is 0 Å². The standard InChI is InChI=1S/C36H41FN2O6S/c1-4-13-43-20-21-15-24(8-10-27(21)37)39-28-16-23-7-9-25-26-11-12-36(33(42)46,45-32(41)30-6-5-14-44-30)35(26,3)18-29(40)31(25)34(23,2)17-22(28)19-38/h4-6,8,10,14-16,19,25-26,29,31,38-40H,1,7,9,11-13,17-18,20H2,2-3H3,(H,42,46)/p+1. The van der Waals surface area contributed by atoms with Gasteiger partial charge in [-0.25, -0.2) is 9.18 Å². The average molecular weight is 650 g/mol. The number of nitrogens with two attached hydrogens (primary N) is 1. The smallest absolute Gasteiger partial charge is 0.375 e. The van der Waals surface area contributed by atoms with E-state index in [1.54, 1.807) is 24.3 Å². The number of aliphatic hydroxyl groups is 1. The molecular formula is C36H42FN2O6S+. The third-order valence-corrected chi connectivity index (χ3v) is 11.8. The van der Waals surface area contributed by atoms with Crippen LogP contribution in [-0.4, -0.2) is 40.7 Å². The van der Waals surface area contributed by atoms with Crippen molar-refractivity contribution in [3.05, 3.63) is 89.3 Å². The second-order valence-electron chi connectivity index (χ2n) is 13.7. The summed E-state index contributed by atoms with van der Waals surface area (Å²) < 4.78 is 31.2. The summed E-state index contributed by atoms with van der Waals surface area (Å²) in [4.78, 5) is 26.4. The molecule has 6 rings (SSSR count). The molecule has 7 atom stereocenters. The molecule has 0 bridgehead atoms. The number of quaternary nitrogens is 1. The zero-order chi connectivity index (χ0) is 32.9. The predicted octanol–water partition coefficient (Wildman–Crippen LogP) is 5.82. The van der Waals surface area contributed by atoms with E-state index in [9.17, 15) is 19.1 Å². The molecule has 3 fully saturated rings. The largest absolute Gasteiger partial charge is 0.457 e. The van der Waals surface area contributed by atoms with Crippen LogP contribution in [0.2, 0.25) is 0 Å². The number of esters is 1. The Morgan fingerprint density at radius 1 is 1.28 bits per heavy atom. The number of benzene rings is 1. The lowest BCUT2D eigenvalue weighted by atomic mass is 9.45. The average Bonchev–Trinajstić information content (AvgIpc) is 3.66. The molecule has 0 saturated heterocycles. The van der Waals surface area contributed by atoms with Crippen LogP contribution in [0.15, 0.2) is 76.6 Å². The lowest BCUT2D eigenvalue weighted by Crippen LogP contribution is -2.76. The highest BCUT2D eigenvalue weighted by molar-refractivity contribution is 7.96. The number of halogens is 1. The first-order valence-corrected chi connectivity index (χ1v) is 16.4. The number of carbonyl (C=O) groups is 2. The van der Waals surface area contributed by atoms with Gasteiger partial charge in [0.2, 0.25) is 10.9 Å². The second-order valence-corrected chi connectivity index (χ2v) is 14.2. The van der Waals surface area contributed by atoms with Crippen LogP contribution in [0.1, 0.15) is 68.5 Å². The van der Waals surface area contributed by atoms with Gasteiger partial charge in [-0.3, -0.25) is 10.1 Å². The SMILES string of the molecule is C=CCOCc1cc([NH2+]C2=C(C=N)CC3(C)C(=C2)CCC2C3C(O)CC3(C)C2CCC3(OC(=O)c2ccco2)C(=O)S)ccc1F. The molecule has 1 heterocycles. The Labute approximate surface area is 274 Å². The number of fused-ring (bicyclic) bond motifs is 5. The molecule has 4 N–H and O–H groups in total. The van der Waals surface area contributed by atoms with Crippen molar-refractivity contribution in [2.45, 2.75) is 70.7 Å². The summed E-state index contributed by atoms with van der Waals surface area (Å²) in [5.41, 5.74) is 1.56. The van der Waals surface area contributed by atoms with Gasteiger partial charge >= 0.3 is 5.97 Å². The molecule has 1 aromatic heterocycles. The van der Waals surface area contributed by atoms with E-state index in [4.69, 9.17) is 19.3 Å². The number of hydrogen-bond donors (Lipinski definition) is 4. The highest BCUT2D eigenvalue weighted by atomic mass is 32.1. The Hall–Kier alpha value is -3.31. The van der Waals surface area contributed by atoms with Gasteiger partial charge in [-0.05, 0) is 86.0 Å². The topological polar surface area (TPSA) is 126 Å². The minimum absolute atomic E-state index is 0.0221. The number of hydrogen-bond acceptors (Lipinski definition) is 7. The number of allylic oxidation sites excluding steroid dienone is 3. The van der Waals surface area contributed by atoms with Crippen LogP contribution in [0.25, 0.3) is 0 Å². The molecule has 7 unspecified atom stereocenters. The number of carbonyl (C=O) groups excluding carboxylic acids is 2. The highest BCUT2D eigenvalue weighted by Crippen LogP contribution is 2.68. The summed E-state index contributed by atoms with van der Waals surface area (Å²) in [7, 11) is 0. The van der Waals surface area contributed by atoms with E-state index in [0.717, 1.165) is 29.8 Å². The van der Waals surface area contributed by atoms with Crippen molar-refractivity contribution in [1.82, 2.24) is 0 Å². The lowest BCUT2D eigenvalue weighted by Gasteiger charge is -2.60. The predicted molar refractivity (Wildman–Crippen MR) is 173 cm³/mol. The van der Waals surface area contributed by atoms with E-state index in [2.05, 4.69) is 32.2 Å². The number of nitrogens with one attached hydrogen (secondary N) is 1. The van der Waals surface area contributed by atoms with E-state index in [0.29, 0.717) is 31.4 Å². The lowest BCUT2D eigenvalue weighted by molar-refractivity contribution is -0.513. The van der Waals surface area contributed by atoms with Crippen LogP contribution >= 0.6 is 12.6 Å². The van der Waals surface area contributed by atoms with E-state index >= 15 is 0 Å². The minimum Gasteiger partial charge on any atom is -0.457 e. The third-order valence-electron chi connectivity index (χ3n) is 11.4. The van der Waals surface area contributed by atoms with Crippen molar-refractivity contribution in [2.75, 3.05) is 6.61 Å². The van der Waals surface area contributed by atoms with Gasteiger partial charge in [-0.1, -0.05) is 25.5 Å². The molecule has 2 aromatic rings. The first-order chi connectivity index (χ1) is 22.0. The van der Waals surface area contributed by atoms with Gasteiger partial charge in [0.05, 0.1) is 25.6 Å². The maximum atomic E-state index is 14.5. The molecule has 46 heavy (non-hydrogen) atoms. The summed E-state index contributed by atoms with van der Waals surface area (Å²) in [5.74, 6) is -1.01. The van der Waals surface area contributed by atoms with E-state index < -0.39 is 33.6 Å². The van der Waals surface area contributed by atoms with Crippen molar-refractivity contribution in [2.24, 2.45) is 28.6 Å². The first-order valence-electron chi connectivity index (χ1n) is 15.9. The summed E-state index contributed by atoms with van der Waals surface area (Å²) in [6.07, 6.45) is 9.28. The van der Waals surface area contributed by atoms with Crippen molar-refractivity contribution in [1.29, 1.82) is 5.41 Å². The van der Waals surface area contributed by atoms with Crippen LogP contribution in [0, 0.1) is 39.8 Å². The van der Waals surface area contributed by atoms with Gasteiger partial charge in [0.15, 0.2) is 5.60 Å². The van der Waals surface area contributed by atoms with Crippen molar-refractivity contribution < 1.29 is 38.3 Å².